The van der Waals surface area contributed by atoms with Crippen LogP contribution in [0.5, 0.6) is 0 Å². The van der Waals surface area contributed by atoms with Gasteiger partial charge in [-0.25, -0.2) is 0 Å². The Hall–Kier alpha value is -1.35. The van der Waals surface area contributed by atoms with Crippen LogP contribution in [0.25, 0.3) is 0 Å². The summed E-state index contributed by atoms with van der Waals surface area (Å²) in [5.41, 5.74) is 2.44. The number of nitrogens with zero attached hydrogens (tertiary/aromatic N) is 1. The van der Waals surface area contributed by atoms with Crippen molar-refractivity contribution in [2.24, 2.45) is 0 Å². The van der Waals surface area contributed by atoms with Gasteiger partial charge in [0.1, 0.15) is 0 Å². The maximum Gasteiger partial charge on any atom is 0.239 e. The lowest BCUT2D eigenvalue weighted by atomic mass is 10.0. The molecule has 1 unspecified atom stereocenters. The summed E-state index contributed by atoms with van der Waals surface area (Å²) in [6.45, 7) is 5.13. The van der Waals surface area contributed by atoms with Gasteiger partial charge < -0.3 is 10.2 Å². The minimum atomic E-state index is 0.00616. The summed E-state index contributed by atoms with van der Waals surface area (Å²) in [4.78, 5) is 14.3. The summed E-state index contributed by atoms with van der Waals surface area (Å²) < 4.78 is 0. The van der Waals surface area contributed by atoms with Crippen LogP contribution in [0.15, 0.2) is 24.3 Å². The fourth-order valence-electron chi connectivity index (χ4n) is 2.57. The van der Waals surface area contributed by atoms with Crippen molar-refractivity contribution in [2.45, 2.75) is 45.2 Å². The first-order valence-electron chi connectivity index (χ1n) is 7.16. The van der Waals surface area contributed by atoms with Gasteiger partial charge in [0, 0.05) is 7.05 Å². The zero-order valence-corrected chi connectivity index (χ0v) is 12.1. The fourth-order valence-corrected chi connectivity index (χ4v) is 2.57. The van der Waals surface area contributed by atoms with Crippen molar-refractivity contribution in [3.8, 4) is 0 Å². The van der Waals surface area contributed by atoms with E-state index in [1.807, 2.05) is 11.9 Å². The lowest BCUT2D eigenvalue weighted by molar-refractivity contribution is -0.134. The number of amides is 1. The van der Waals surface area contributed by atoms with E-state index >= 15 is 0 Å². The highest BCUT2D eigenvalue weighted by atomic mass is 16.2. The van der Waals surface area contributed by atoms with Gasteiger partial charge in [-0.3, -0.25) is 4.79 Å². The molecule has 0 spiro atoms. The first kappa shape index (κ1) is 14.1. The van der Waals surface area contributed by atoms with E-state index in [2.05, 4.69) is 43.4 Å². The van der Waals surface area contributed by atoms with E-state index in [9.17, 15) is 4.79 Å². The first-order valence-corrected chi connectivity index (χ1v) is 7.16. The molecule has 0 saturated carbocycles. The Bertz CT molecular complexity index is 421. The monoisotopic (exact) mass is 260 g/mol. The summed E-state index contributed by atoms with van der Waals surface area (Å²) in [6, 6.07) is 8.55. The highest BCUT2D eigenvalue weighted by Gasteiger charge is 2.26. The van der Waals surface area contributed by atoms with E-state index in [1.165, 1.54) is 17.5 Å². The molecular weight excluding hydrogens is 236 g/mol. The average Bonchev–Trinajstić information content (AvgIpc) is 2.46. The van der Waals surface area contributed by atoms with Crippen molar-refractivity contribution in [1.29, 1.82) is 0 Å². The Morgan fingerprint density at radius 2 is 2.00 bits per heavy atom. The largest absolute Gasteiger partial charge is 0.338 e. The number of aryl methyl sites for hydroxylation is 1. The molecule has 1 saturated heterocycles. The molecular formula is C16H24N2O. The molecule has 0 bridgehead atoms. The molecule has 104 valence electrons. The van der Waals surface area contributed by atoms with Crippen LogP contribution in [-0.4, -0.2) is 30.4 Å². The number of likely N-dealkylation sites (N-methyl/N-ethyl adjacent to an activating group) is 1. The number of carbonyl (C=O) groups excluding carboxylic acids is 1. The third kappa shape index (κ3) is 3.35. The zero-order valence-electron chi connectivity index (χ0n) is 12.1. The molecule has 3 nitrogen and oxygen atoms in total. The van der Waals surface area contributed by atoms with Crippen LogP contribution in [0.4, 0.5) is 0 Å². The van der Waals surface area contributed by atoms with Crippen molar-refractivity contribution in [2.75, 3.05) is 13.6 Å². The Morgan fingerprint density at radius 1 is 1.32 bits per heavy atom. The Kier molecular flexibility index (Phi) is 4.59. The van der Waals surface area contributed by atoms with Gasteiger partial charge in [0.2, 0.25) is 5.91 Å². The van der Waals surface area contributed by atoms with E-state index in [0.29, 0.717) is 0 Å². The highest BCUT2D eigenvalue weighted by Crippen LogP contribution is 2.21. The molecule has 1 N–H and O–H groups in total. The molecule has 1 aromatic carbocycles. The molecule has 2 atom stereocenters. The quantitative estimate of drug-likeness (QED) is 0.906. The third-order valence-corrected chi connectivity index (χ3v) is 4.10. The number of piperidine rings is 1. The molecule has 2 rings (SSSR count). The van der Waals surface area contributed by atoms with Crippen LogP contribution in [0, 0.1) is 6.92 Å². The third-order valence-electron chi connectivity index (χ3n) is 4.10. The summed E-state index contributed by atoms with van der Waals surface area (Å²) in [5, 5.41) is 3.32. The maximum atomic E-state index is 12.4. The Labute approximate surface area is 116 Å². The van der Waals surface area contributed by atoms with E-state index in [1.54, 1.807) is 0 Å². The van der Waals surface area contributed by atoms with E-state index in [-0.39, 0.29) is 18.0 Å². The maximum absolute atomic E-state index is 12.4. The molecule has 1 aliphatic heterocycles. The molecule has 0 radical (unpaired) electrons. The molecule has 1 aliphatic rings. The van der Waals surface area contributed by atoms with Crippen molar-refractivity contribution in [3.05, 3.63) is 35.4 Å². The minimum absolute atomic E-state index is 0.00616. The topological polar surface area (TPSA) is 32.3 Å². The molecule has 1 fully saturated rings. The second kappa shape index (κ2) is 6.20. The number of carbonyl (C=O) groups is 1. The van der Waals surface area contributed by atoms with Gasteiger partial charge >= 0.3 is 0 Å². The molecule has 1 amide bonds. The van der Waals surface area contributed by atoms with Gasteiger partial charge in [0.25, 0.3) is 0 Å². The van der Waals surface area contributed by atoms with Crippen LogP contribution >= 0.6 is 0 Å². The van der Waals surface area contributed by atoms with Crippen molar-refractivity contribution in [3.63, 3.8) is 0 Å². The second-order valence-electron chi connectivity index (χ2n) is 5.54. The smallest absolute Gasteiger partial charge is 0.239 e. The number of nitrogens with one attached hydrogen (secondary N) is 1. The van der Waals surface area contributed by atoms with Gasteiger partial charge in [0.15, 0.2) is 0 Å². The van der Waals surface area contributed by atoms with Crippen LogP contribution in [-0.2, 0) is 4.79 Å². The van der Waals surface area contributed by atoms with Gasteiger partial charge in [-0.05, 0) is 38.8 Å². The normalized spacial score (nSPS) is 20.9. The van der Waals surface area contributed by atoms with Gasteiger partial charge in [-0.15, -0.1) is 0 Å². The van der Waals surface area contributed by atoms with Crippen LogP contribution < -0.4 is 5.32 Å². The molecule has 19 heavy (non-hydrogen) atoms. The first-order chi connectivity index (χ1) is 9.09. The number of hydrogen-bond acceptors (Lipinski definition) is 2. The van der Waals surface area contributed by atoms with Crippen molar-refractivity contribution >= 4 is 5.91 Å². The zero-order chi connectivity index (χ0) is 13.8. The second-order valence-corrected chi connectivity index (χ2v) is 5.54. The lowest BCUT2D eigenvalue weighted by Crippen LogP contribution is -2.47. The summed E-state index contributed by atoms with van der Waals surface area (Å²) in [5.74, 6) is 0.216. The van der Waals surface area contributed by atoms with Crippen molar-refractivity contribution < 1.29 is 4.79 Å². The molecule has 1 aromatic rings. The summed E-state index contributed by atoms with van der Waals surface area (Å²) in [7, 11) is 1.91. The number of hydrogen-bond donors (Lipinski definition) is 1. The van der Waals surface area contributed by atoms with Gasteiger partial charge in [0.05, 0.1) is 12.1 Å². The predicted octanol–water partition coefficient (Wildman–Crippen LogP) is 2.66. The number of benzene rings is 1. The molecule has 0 aliphatic carbocycles. The van der Waals surface area contributed by atoms with E-state index in [4.69, 9.17) is 0 Å². The van der Waals surface area contributed by atoms with Crippen molar-refractivity contribution in [1.82, 2.24) is 10.2 Å². The number of rotatable bonds is 3. The van der Waals surface area contributed by atoms with Gasteiger partial charge in [-0.2, -0.15) is 0 Å². The highest BCUT2D eigenvalue weighted by molar-refractivity contribution is 5.82. The van der Waals surface area contributed by atoms with Crippen LogP contribution in [0.1, 0.15) is 43.4 Å². The SMILES string of the molecule is Cc1ccc(C(C)N(C)C(=O)[C@@H]2CCCCN2)cc1. The fraction of sp³-hybridized carbons (Fsp3) is 0.562. The summed E-state index contributed by atoms with van der Waals surface area (Å²) >= 11 is 0. The molecule has 0 aromatic heterocycles. The lowest BCUT2D eigenvalue weighted by Gasteiger charge is -2.31. The average molecular weight is 260 g/mol. The molecule has 3 heteroatoms. The molecule has 1 heterocycles. The minimum Gasteiger partial charge on any atom is -0.338 e. The Balaban J connectivity index is 2.03. The predicted molar refractivity (Wildman–Crippen MR) is 78.0 cm³/mol. The van der Waals surface area contributed by atoms with E-state index < -0.39 is 0 Å². The van der Waals surface area contributed by atoms with E-state index in [0.717, 1.165) is 19.4 Å². The standard InChI is InChI=1S/C16H24N2O/c1-12-7-9-14(10-8-12)13(2)18(3)16(19)15-6-4-5-11-17-15/h7-10,13,15,17H,4-6,11H2,1-3H3/t13?,15-/m0/s1. The Morgan fingerprint density at radius 3 is 2.58 bits per heavy atom. The van der Waals surface area contributed by atoms with Crippen LogP contribution in [0.3, 0.4) is 0 Å². The summed E-state index contributed by atoms with van der Waals surface area (Å²) in [6.07, 6.45) is 3.29. The van der Waals surface area contributed by atoms with Gasteiger partial charge in [-0.1, -0.05) is 36.2 Å². The van der Waals surface area contributed by atoms with Crippen LogP contribution in [0.2, 0.25) is 0 Å².